The molecule has 1 aromatic heterocycles. The number of aromatic nitrogens is 1. The molecule has 3 nitrogen and oxygen atoms in total. The lowest BCUT2D eigenvalue weighted by Crippen LogP contribution is -2.03. The molecule has 0 amide bonds. The number of halogens is 2. The van der Waals surface area contributed by atoms with Crippen molar-refractivity contribution >= 4 is 11.4 Å². The minimum absolute atomic E-state index is 0.0796. The zero-order valence-corrected chi connectivity index (χ0v) is 9.61. The van der Waals surface area contributed by atoms with E-state index in [1.54, 1.807) is 24.5 Å². The minimum Gasteiger partial charge on any atom is -0.399 e. The van der Waals surface area contributed by atoms with Crippen molar-refractivity contribution in [3.8, 4) is 0 Å². The summed E-state index contributed by atoms with van der Waals surface area (Å²) in [5.41, 5.74) is 7.13. The van der Waals surface area contributed by atoms with Gasteiger partial charge in [-0.2, -0.15) is 0 Å². The average molecular weight is 249 g/mol. The molecular formula is C13H13F2N3. The molecule has 0 aliphatic carbocycles. The Kier molecular flexibility index (Phi) is 3.72. The van der Waals surface area contributed by atoms with Gasteiger partial charge in [-0.15, -0.1) is 0 Å². The molecule has 0 saturated heterocycles. The number of nitrogens with zero attached hydrogens (tertiary/aromatic N) is 1. The smallest absolute Gasteiger partial charge is 0.265 e. The maximum Gasteiger partial charge on any atom is 0.265 e. The third kappa shape index (κ3) is 2.94. The van der Waals surface area contributed by atoms with E-state index in [0.29, 0.717) is 17.9 Å². The van der Waals surface area contributed by atoms with E-state index in [2.05, 4.69) is 10.3 Å². The summed E-state index contributed by atoms with van der Waals surface area (Å²) in [6.45, 7) is 0.464. The van der Waals surface area contributed by atoms with Gasteiger partial charge in [-0.1, -0.05) is 0 Å². The predicted molar refractivity (Wildman–Crippen MR) is 67.4 cm³/mol. The van der Waals surface area contributed by atoms with Crippen LogP contribution in [0, 0.1) is 0 Å². The maximum atomic E-state index is 12.8. The molecule has 0 unspecified atom stereocenters. The van der Waals surface area contributed by atoms with Crippen LogP contribution in [0.2, 0.25) is 0 Å². The first-order chi connectivity index (χ1) is 8.66. The van der Waals surface area contributed by atoms with E-state index in [9.17, 15) is 8.78 Å². The second-order valence-corrected chi connectivity index (χ2v) is 3.86. The van der Waals surface area contributed by atoms with Gasteiger partial charge >= 0.3 is 0 Å². The molecule has 0 saturated carbocycles. The molecule has 1 heterocycles. The summed E-state index contributed by atoms with van der Waals surface area (Å²) in [6, 6.07) is 8.11. The quantitative estimate of drug-likeness (QED) is 0.818. The molecule has 0 bridgehead atoms. The largest absolute Gasteiger partial charge is 0.399 e. The Labute approximate surface area is 104 Å². The van der Waals surface area contributed by atoms with Crippen molar-refractivity contribution in [2.75, 3.05) is 11.1 Å². The molecule has 0 radical (unpaired) electrons. The summed E-state index contributed by atoms with van der Waals surface area (Å²) in [5, 5.41) is 2.97. The Morgan fingerprint density at radius 3 is 2.56 bits per heavy atom. The second-order valence-electron chi connectivity index (χ2n) is 3.86. The highest BCUT2D eigenvalue weighted by molar-refractivity contribution is 5.58. The van der Waals surface area contributed by atoms with Gasteiger partial charge in [0.25, 0.3) is 6.43 Å². The van der Waals surface area contributed by atoms with Crippen LogP contribution in [0.1, 0.15) is 17.6 Å². The van der Waals surface area contributed by atoms with Crippen molar-refractivity contribution in [1.82, 2.24) is 4.98 Å². The Balaban J connectivity index is 2.14. The molecule has 5 heteroatoms. The number of rotatable bonds is 4. The SMILES string of the molecule is Nc1ccc(NCc2ccncc2)c(C(F)F)c1. The van der Waals surface area contributed by atoms with Gasteiger partial charge in [0, 0.05) is 35.9 Å². The third-order valence-electron chi connectivity index (χ3n) is 2.54. The van der Waals surface area contributed by atoms with E-state index in [1.165, 1.54) is 6.07 Å². The number of nitrogens with two attached hydrogens (primary N) is 1. The maximum absolute atomic E-state index is 12.8. The number of hydrogen-bond donors (Lipinski definition) is 2. The lowest BCUT2D eigenvalue weighted by atomic mass is 10.1. The van der Waals surface area contributed by atoms with Crippen LogP contribution in [-0.4, -0.2) is 4.98 Å². The van der Waals surface area contributed by atoms with E-state index in [1.807, 2.05) is 12.1 Å². The highest BCUT2D eigenvalue weighted by Crippen LogP contribution is 2.29. The van der Waals surface area contributed by atoms with Gasteiger partial charge in [0.1, 0.15) is 0 Å². The Bertz CT molecular complexity index is 515. The number of pyridine rings is 1. The summed E-state index contributed by atoms with van der Waals surface area (Å²) >= 11 is 0. The second kappa shape index (κ2) is 5.44. The number of hydrogen-bond acceptors (Lipinski definition) is 3. The standard InChI is InChI=1S/C13H13F2N3/c14-13(15)11-7-10(16)1-2-12(11)18-8-9-3-5-17-6-4-9/h1-7,13,18H,8,16H2. The van der Waals surface area contributed by atoms with Gasteiger partial charge in [-0.3, -0.25) is 4.98 Å². The zero-order valence-electron chi connectivity index (χ0n) is 9.61. The van der Waals surface area contributed by atoms with Gasteiger partial charge in [-0.25, -0.2) is 8.78 Å². The zero-order chi connectivity index (χ0) is 13.0. The molecule has 94 valence electrons. The third-order valence-corrected chi connectivity index (χ3v) is 2.54. The Hall–Kier alpha value is -2.17. The molecule has 0 aliphatic heterocycles. The fraction of sp³-hybridized carbons (Fsp3) is 0.154. The van der Waals surface area contributed by atoms with Crippen molar-refractivity contribution in [3.05, 3.63) is 53.9 Å². The van der Waals surface area contributed by atoms with E-state index in [-0.39, 0.29) is 5.56 Å². The molecule has 0 spiro atoms. The summed E-state index contributed by atoms with van der Waals surface area (Å²) in [7, 11) is 0. The lowest BCUT2D eigenvalue weighted by molar-refractivity contribution is 0.152. The number of anilines is 2. The molecule has 2 rings (SSSR count). The van der Waals surface area contributed by atoms with Crippen LogP contribution < -0.4 is 11.1 Å². The summed E-state index contributed by atoms with van der Waals surface area (Å²) in [5.74, 6) is 0. The van der Waals surface area contributed by atoms with Crippen LogP contribution in [0.25, 0.3) is 0 Å². The van der Waals surface area contributed by atoms with Crippen LogP contribution in [0.15, 0.2) is 42.7 Å². The van der Waals surface area contributed by atoms with Crippen LogP contribution >= 0.6 is 0 Å². The fourth-order valence-electron chi connectivity index (χ4n) is 1.62. The van der Waals surface area contributed by atoms with E-state index in [0.717, 1.165) is 5.56 Å². The van der Waals surface area contributed by atoms with Crippen molar-refractivity contribution in [2.45, 2.75) is 13.0 Å². The van der Waals surface area contributed by atoms with Crippen molar-refractivity contribution in [1.29, 1.82) is 0 Å². The van der Waals surface area contributed by atoms with E-state index < -0.39 is 6.43 Å². The summed E-state index contributed by atoms with van der Waals surface area (Å²) < 4.78 is 25.7. The number of alkyl halides is 2. The first-order valence-electron chi connectivity index (χ1n) is 5.47. The molecular weight excluding hydrogens is 236 g/mol. The van der Waals surface area contributed by atoms with Crippen molar-refractivity contribution < 1.29 is 8.78 Å². The summed E-state index contributed by atoms with van der Waals surface area (Å²) in [4.78, 5) is 3.89. The monoisotopic (exact) mass is 249 g/mol. The van der Waals surface area contributed by atoms with Gasteiger partial charge < -0.3 is 11.1 Å². The molecule has 3 N–H and O–H groups in total. The molecule has 18 heavy (non-hydrogen) atoms. The van der Waals surface area contributed by atoms with Gasteiger partial charge in [0.05, 0.1) is 0 Å². The van der Waals surface area contributed by atoms with E-state index >= 15 is 0 Å². The van der Waals surface area contributed by atoms with Gasteiger partial charge in [-0.05, 0) is 35.9 Å². The normalized spacial score (nSPS) is 10.6. The van der Waals surface area contributed by atoms with Crippen LogP contribution in [0.4, 0.5) is 20.2 Å². The highest BCUT2D eigenvalue weighted by Gasteiger charge is 2.12. The fourth-order valence-corrected chi connectivity index (χ4v) is 1.62. The Morgan fingerprint density at radius 2 is 1.89 bits per heavy atom. The molecule has 0 fully saturated rings. The van der Waals surface area contributed by atoms with Crippen molar-refractivity contribution in [3.63, 3.8) is 0 Å². The van der Waals surface area contributed by atoms with Crippen LogP contribution in [0.5, 0.6) is 0 Å². The number of nitrogens with one attached hydrogen (secondary N) is 1. The first kappa shape index (κ1) is 12.3. The van der Waals surface area contributed by atoms with Crippen molar-refractivity contribution in [2.24, 2.45) is 0 Å². The Morgan fingerprint density at radius 1 is 1.17 bits per heavy atom. The van der Waals surface area contributed by atoms with Gasteiger partial charge in [0.15, 0.2) is 0 Å². The summed E-state index contributed by atoms with van der Waals surface area (Å²) in [6.07, 6.45) is 0.774. The first-order valence-corrected chi connectivity index (χ1v) is 5.47. The number of nitrogen functional groups attached to an aromatic ring is 1. The van der Waals surface area contributed by atoms with Gasteiger partial charge in [0.2, 0.25) is 0 Å². The molecule has 0 aliphatic rings. The highest BCUT2D eigenvalue weighted by atomic mass is 19.3. The predicted octanol–water partition coefficient (Wildman–Crippen LogP) is 3.21. The molecule has 2 aromatic rings. The molecule has 0 atom stereocenters. The van der Waals surface area contributed by atoms with E-state index in [4.69, 9.17) is 5.73 Å². The lowest BCUT2D eigenvalue weighted by Gasteiger charge is -2.12. The number of benzene rings is 1. The average Bonchev–Trinajstić information content (AvgIpc) is 2.38. The van der Waals surface area contributed by atoms with Crippen LogP contribution in [-0.2, 0) is 6.54 Å². The van der Waals surface area contributed by atoms with Crippen LogP contribution in [0.3, 0.4) is 0 Å². The molecule has 1 aromatic carbocycles. The topological polar surface area (TPSA) is 50.9 Å². The minimum atomic E-state index is -2.55.